The van der Waals surface area contributed by atoms with Crippen molar-refractivity contribution in [2.24, 2.45) is 0 Å². The number of H-pyrrole nitrogens is 1. The van der Waals surface area contributed by atoms with Crippen molar-refractivity contribution in [1.29, 1.82) is 0 Å². The second-order valence-corrected chi connectivity index (χ2v) is 7.28. The van der Waals surface area contributed by atoms with Gasteiger partial charge in [-0.2, -0.15) is 0 Å². The van der Waals surface area contributed by atoms with Gasteiger partial charge in [0.25, 0.3) is 11.1 Å². The van der Waals surface area contributed by atoms with Gasteiger partial charge < -0.3 is 9.72 Å². The maximum Gasteiger partial charge on any atom is 0.273 e. The SMILES string of the molecule is Cc1cc(-n2c(C)cc(OCc3ccc(F)cc3F)c(Br)c2=O)c(=O)[nH]c1Cl. The highest BCUT2D eigenvalue weighted by atomic mass is 79.9. The molecule has 1 aromatic carbocycles. The lowest BCUT2D eigenvalue weighted by Crippen LogP contribution is -2.28. The van der Waals surface area contributed by atoms with Crippen molar-refractivity contribution in [2.45, 2.75) is 20.5 Å². The van der Waals surface area contributed by atoms with Crippen LogP contribution in [0, 0.1) is 25.5 Å². The van der Waals surface area contributed by atoms with E-state index in [0.29, 0.717) is 11.3 Å². The number of aromatic nitrogens is 2. The van der Waals surface area contributed by atoms with Gasteiger partial charge in [0.15, 0.2) is 0 Å². The summed E-state index contributed by atoms with van der Waals surface area (Å²) in [7, 11) is 0. The van der Waals surface area contributed by atoms with Gasteiger partial charge >= 0.3 is 0 Å². The van der Waals surface area contributed by atoms with Crippen molar-refractivity contribution >= 4 is 27.5 Å². The van der Waals surface area contributed by atoms with Gasteiger partial charge in [-0.25, -0.2) is 8.78 Å². The molecule has 28 heavy (non-hydrogen) atoms. The Bertz CT molecular complexity index is 1190. The zero-order chi connectivity index (χ0) is 20.6. The van der Waals surface area contributed by atoms with Gasteiger partial charge in [-0.15, -0.1) is 0 Å². The third-order valence-corrected chi connectivity index (χ3v) is 5.22. The molecule has 2 heterocycles. The molecule has 0 atom stereocenters. The first-order chi connectivity index (χ1) is 13.2. The number of hydrogen-bond donors (Lipinski definition) is 1. The molecule has 3 rings (SSSR count). The van der Waals surface area contributed by atoms with Crippen molar-refractivity contribution < 1.29 is 13.5 Å². The number of nitrogens with zero attached hydrogens (tertiary/aromatic N) is 1. The Morgan fingerprint density at radius 1 is 1.18 bits per heavy atom. The highest BCUT2D eigenvalue weighted by Crippen LogP contribution is 2.25. The molecule has 0 spiro atoms. The molecule has 9 heteroatoms. The third-order valence-electron chi connectivity index (χ3n) is 4.09. The van der Waals surface area contributed by atoms with Crippen molar-refractivity contribution in [3.8, 4) is 11.4 Å². The minimum absolute atomic E-state index is 0.0626. The summed E-state index contributed by atoms with van der Waals surface area (Å²) in [6.07, 6.45) is 0. The number of rotatable bonds is 4. The molecule has 5 nitrogen and oxygen atoms in total. The van der Waals surface area contributed by atoms with E-state index in [1.54, 1.807) is 13.8 Å². The fraction of sp³-hybridized carbons (Fsp3) is 0.158. The Morgan fingerprint density at radius 2 is 1.89 bits per heavy atom. The molecule has 146 valence electrons. The minimum atomic E-state index is -0.746. The molecule has 0 saturated carbocycles. The molecule has 0 radical (unpaired) electrons. The largest absolute Gasteiger partial charge is 0.487 e. The van der Waals surface area contributed by atoms with E-state index in [1.807, 2.05) is 0 Å². The van der Waals surface area contributed by atoms with E-state index in [0.717, 1.165) is 12.1 Å². The van der Waals surface area contributed by atoms with Crippen LogP contribution >= 0.6 is 27.5 Å². The predicted octanol–water partition coefficient (Wildman–Crippen LogP) is 4.42. The van der Waals surface area contributed by atoms with Gasteiger partial charge in [0.1, 0.15) is 39.3 Å². The Hall–Kier alpha value is -2.45. The minimum Gasteiger partial charge on any atom is -0.487 e. The number of benzene rings is 1. The van der Waals surface area contributed by atoms with E-state index in [4.69, 9.17) is 16.3 Å². The molecule has 0 fully saturated rings. The fourth-order valence-electron chi connectivity index (χ4n) is 2.64. The summed E-state index contributed by atoms with van der Waals surface area (Å²) in [5.74, 6) is -1.27. The van der Waals surface area contributed by atoms with Crippen LogP contribution < -0.4 is 15.9 Å². The topological polar surface area (TPSA) is 64.1 Å². The number of aromatic amines is 1. The summed E-state index contributed by atoms with van der Waals surface area (Å²) in [6.45, 7) is 3.13. The number of hydrogen-bond acceptors (Lipinski definition) is 3. The van der Waals surface area contributed by atoms with Gasteiger partial charge in [-0.1, -0.05) is 11.6 Å². The molecule has 0 aliphatic heterocycles. The van der Waals surface area contributed by atoms with Crippen LogP contribution in [0.25, 0.3) is 5.69 Å². The van der Waals surface area contributed by atoms with Gasteiger partial charge in [0, 0.05) is 23.4 Å². The summed E-state index contributed by atoms with van der Waals surface area (Å²) in [5.41, 5.74) is 0.235. The summed E-state index contributed by atoms with van der Waals surface area (Å²) < 4.78 is 33.6. The lowest BCUT2D eigenvalue weighted by Gasteiger charge is -2.15. The van der Waals surface area contributed by atoms with Crippen molar-refractivity contribution in [3.63, 3.8) is 0 Å². The first-order valence-electron chi connectivity index (χ1n) is 8.07. The van der Waals surface area contributed by atoms with Crippen molar-refractivity contribution in [1.82, 2.24) is 9.55 Å². The first kappa shape index (κ1) is 20.3. The molecule has 0 bridgehead atoms. The predicted molar refractivity (Wildman–Crippen MR) is 106 cm³/mol. The lowest BCUT2D eigenvalue weighted by atomic mass is 10.2. The van der Waals surface area contributed by atoms with Gasteiger partial charge in [-0.05, 0) is 53.5 Å². The molecule has 2 aromatic heterocycles. The summed E-state index contributed by atoms with van der Waals surface area (Å²) in [4.78, 5) is 27.5. The van der Waals surface area contributed by atoms with Gasteiger partial charge in [-0.3, -0.25) is 14.2 Å². The summed E-state index contributed by atoms with van der Waals surface area (Å²) in [6, 6.07) is 6.19. The van der Waals surface area contributed by atoms with E-state index in [1.165, 1.54) is 22.8 Å². The summed E-state index contributed by atoms with van der Waals surface area (Å²) >= 11 is 9.08. The molecule has 0 saturated heterocycles. The first-order valence-corrected chi connectivity index (χ1v) is 9.25. The Labute approximate surface area is 171 Å². The number of nitrogens with one attached hydrogen (secondary N) is 1. The van der Waals surface area contributed by atoms with Crippen LogP contribution in [0.3, 0.4) is 0 Å². The van der Waals surface area contributed by atoms with Crippen LogP contribution in [0.4, 0.5) is 8.78 Å². The van der Waals surface area contributed by atoms with Crippen LogP contribution in [0.5, 0.6) is 5.75 Å². The molecule has 0 aliphatic rings. The number of ether oxygens (including phenoxy) is 1. The molecular weight excluding hydrogens is 458 g/mol. The third kappa shape index (κ3) is 3.88. The van der Waals surface area contributed by atoms with E-state index < -0.39 is 22.8 Å². The Morgan fingerprint density at radius 3 is 2.57 bits per heavy atom. The highest BCUT2D eigenvalue weighted by Gasteiger charge is 2.17. The average Bonchev–Trinajstić information content (AvgIpc) is 2.62. The van der Waals surface area contributed by atoms with Crippen LogP contribution in [0.2, 0.25) is 5.15 Å². The highest BCUT2D eigenvalue weighted by molar-refractivity contribution is 9.10. The monoisotopic (exact) mass is 470 g/mol. The van der Waals surface area contributed by atoms with Crippen LogP contribution in [-0.4, -0.2) is 9.55 Å². The van der Waals surface area contributed by atoms with E-state index in [9.17, 15) is 18.4 Å². The number of pyridine rings is 2. The van der Waals surface area contributed by atoms with E-state index >= 15 is 0 Å². The van der Waals surface area contributed by atoms with Crippen molar-refractivity contribution in [3.05, 3.63) is 89.1 Å². The van der Waals surface area contributed by atoms with Gasteiger partial charge in [0.2, 0.25) is 0 Å². The second-order valence-electron chi connectivity index (χ2n) is 6.11. The number of halogens is 4. The average molecular weight is 472 g/mol. The second kappa shape index (κ2) is 7.89. The zero-order valence-electron chi connectivity index (χ0n) is 14.8. The van der Waals surface area contributed by atoms with E-state index in [2.05, 4.69) is 20.9 Å². The molecule has 3 aromatic rings. The zero-order valence-corrected chi connectivity index (χ0v) is 17.1. The quantitative estimate of drug-likeness (QED) is 0.573. The van der Waals surface area contributed by atoms with Crippen LogP contribution in [0.15, 0.2) is 44.4 Å². The maximum absolute atomic E-state index is 13.8. The molecular formula is C19H14BrClF2N2O3. The lowest BCUT2D eigenvalue weighted by molar-refractivity contribution is 0.296. The van der Waals surface area contributed by atoms with Gasteiger partial charge in [0.05, 0.1) is 0 Å². The smallest absolute Gasteiger partial charge is 0.273 e. The van der Waals surface area contributed by atoms with Crippen LogP contribution in [-0.2, 0) is 6.61 Å². The fourth-order valence-corrected chi connectivity index (χ4v) is 3.19. The normalized spacial score (nSPS) is 10.9. The number of aryl methyl sites for hydroxylation is 2. The Kier molecular flexibility index (Phi) is 5.71. The standard InChI is InChI=1S/C19H14BrClF2N2O3/c1-9-5-14(18(26)24-17(9)21)25-10(2)6-15(16(20)19(25)27)28-8-11-3-4-12(22)7-13(11)23/h3-7H,8H2,1-2H3,(H,24,26). The van der Waals surface area contributed by atoms with Crippen LogP contribution in [0.1, 0.15) is 16.8 Å². The molecule has 1 N–H and O–H groups in total. The summed E-state index contributed by atoms with van der Waals surface area (Å²) in [5, 5.41) is 0.194. The van der Waals surface area contributed by atoms with E-state index in [-0.39, 0.29) is 33.2 Å². The van der Waals surface area contributed by atoms with Crippen molar-refractivity contribution in [2.75, 3.05) is 0 Å². The molecule has 0 aliphatic carbocycles. The maximum atomic E-state index is 13.8. The Balaban J connectivity index is 2.00. The molecule has 0 amide bonds. The molecule has 0 unspecified atom stereocenters.